The molecule has 106 valence electrons. The van der Waals surface area contributed by atoms with Crippen LogP contribution in [0.2, 0.25) is 0 Å². The lowest BCUT2D eigenvalue weighted by atomic mass is 10.2. The first-order valence-corrected chi connectivity index (χ1v) is 8.14. The maximum absolute atomic E-state index is 12.2. The van der Waals surface area contributed by atoms with Gasteiger partial charge in [0, 0.05) is 28.6 Å². The third-order valence-corrected chi connectivity index (χ3v) is 4.86. The molecule has 0 fully saturated rings. The Bertz CT molecular complexity index is 661. The summed E-state index contributed by atoms with van der Waals surface area (Å²) in [7, 11) is 1.83. The van der Waals surface area contributed by atoms with E-state index in [4.69, 9.17) is 12.2 Å². The summed E-state index contributed by atoms with van der Waals surface area (Å²) in [6.07, 6.45) is 0.399. The molecule has 0 atom stereocenters. The molecule has 6 heteroatoms. The SMILES string of the molecule is Cc1[nH]c(=S)sc1CC(=O)N(C)Cc1ccc(Br)cc1. The largest absolute Gasteiger partial charge is 0.341 e. The lowest BCUT2D eigenvalue weighted by Gasteiger charge is -2.17. The number of nitrogens with one attached hydrogen (secondary N) is 1. The molecule has 1 aromatic heterocycles. The van der Waals surface area contributed by atoms with Crippen molar-refractivity contribution in [3.8, 4) is 0 Å². The number of H-pyrrole nitrogens is 1. The van der Waals surface area contributed by atoms with Crippen molar-refractivity contribution >= 4 is 45.4 Å². The smallest absolute Gasteiger partial charge is 0.227 e. The summed E-state index contributed by atoms with van der Waals surface area (Å²) in [5, 5.41) is 0. The van der Waals surface area contributed by atoms with Gasteiger partial charge in [-0.2, -0.15) is 0 Å². The third kappa shape index (κ3) is 4.01. The maximum atomic E-state index is 12.2. The van der Waals surface area contributed by atoms with Gasteiger partial charge in [-0.25, -0.2) is 0 Å². The molecule has 2 aromatic rings. The van der Waals surface area contributed by atoms with Crippen molar-refractivity contribution in [2.75, 3.05) is 7.05 Å². The zero-order valence-corrected chi connectivity index (χ0v) is 14.5. The molecule has 0 saturated heterocycles. The van der Waals surface area contributed by atoms with Gasteiger partial charge in [-0.15, -0.1) is 11.3 Å². The van der Waals surface area contributed by atoms with Crippen LogP contribution in [0.5, 0.6) is 0 Å². The predicted molar refractivity (Wildman–Crippen MR) is 88.6 cm³/mol. The molecule has 1 heterocycles. The highest BCUT2D eigenvalue weighted by atomic mass is 79.9. The summed E-state index contributed by atoms with van der Waals surface area (Å²) in [5.74, 6) is 0.0984. The Hall–Kier alpha value is -0.980. The van der Waals surface area contributed by atoms with Gasteiger partial charge in [0.25, 0.3) is 0 Å². The summed E-state index contributed by atoms with van der Waals surface area (Å²) in [5.41, 5.74) is 2.10. The number of likely N-dealkylation sites (N-methyl/N-ethyl adjacent to an activating group) is 1. The number of amides is 1. The average Bonchev–Trinajstić information content (AvgIpc) is 2.70. The number of hydrogen-bond acceptors (Lipinski definition) is 3. The van der Waals surface area contributed by atoms with E-state index >= 15 is 0 Å². The van der Waals surface area contributed by atoms with Gasteiger partial charge in [0.05, 0.1) is 6.42 Å². The van der Waals surface area contributed by atoms with E-state index in [0.717, 1.165) is 24.6 Å². The molecule has 0 unspecified atom stereocenters. The standard InChI is InChI=1S/C14H15BrN2OS2/c1-9-12(20-14(19)16-9)7-13(18)17(2)8-10-3-5-11(15)6-4-10/h3-6H,7-8H2,1-2H3,(H,16,19). The quantitative estimate of drug-likeness (QED) is 0.823. The van der Waals surface area contributed by atoms with Crippen LogP contribution in [-0.2, 0) is 17.8 Å². The average molecular weight is 371 g/mol. The van der Waals surface area contributed by atoms with Crippen LogP contribution >= 0.6 is 39.5 Å². The van der Waals surface area contributed by atoms with E-state index in [1.54, 1.807) is 4.90 Å². The number of thiazole rings is 1. The number of aryl methyl sites for hydroxylation is 1. The number of benzene rings is 1. The molecule has 1 aromatic carbocycles. The van der Waals surface area contributed by atoms with Gasteiger partial charge >= 0.3 is 0 Å². The van der Waals surface area contributed by atoms with Gasteiger partial charge in [0.1, 0.15) is 0 Å². The highest BCUT2D eigenvalue weighted by Crippen LogP contribution is 2.17. The minimum atomic E-state index is 0.0984. The van der Waals surface area contributed by atoms with Crippen molar-refractivity contribution < 1.29 is 4.79 Å². The van der Waals surface area contributed by atoms with Crippen molar-refractivity contribution in [1.29, 1.82) is 0 Å². The van der Waals surface area contributed by atoms with Crippen LogP contribution in [-0.4, -0.2) is 22.8 Å². The summed E-state index contributed by atoms with van der Waals surface area (Å²) < 4.78 is 1.76. The van der Waals surface area contributed by atoms with Crippen molar-refractivity contribution in [3.63, 3.8) is 0 Å². The van der Waals surface area contributed by atoms with Crippen LogP contribution in [0.4, 0.5) is 0 Å². The Morgan fingerprint density at radius 2 is 2.05 bits per heavy atom. The number of hydrogen-bond donors (Lipinski definition) is 1. The number of rotatable bonds is 4. The van der Waals surface area contributed by atoms with Gasteiger partial charge in [0.2, 0.25) is 5.91 Å². The van der Waals surface area contributed by atoms with Crippen LogP contribution < -0.4 is 0 Å². The first kappa shape index (κ1) is 15.4. The molecule has 0 aliphatic carbocycles. The molecule has 0 saturated carbocycles. The Morgan fingerprint density at radius 3 is 2.60 bits per heavy atom. The van der Waals surface area contributed by atoms with E-state index in [-0.39, 0.29) is 5.91 Å². The third-order valence-electron chi connectivity index (χ3n) is 2.99. The predicted octanol–water partition coefficient (Wildman–Crippen LogP) is 4.08. The molecular weight excluding hydrogens is 356 g/mol. The first-order chi connectivity index (χ1) is 9.45. The summed E-state index contributed by atoms with van der Waals surface area (Å²) in [4.78, 5) is 18.0. The van der Waals surface area contributed by atoms with E-state index in [9.17, 15) is 4.79 Å². The molecule has 0 bridgehead atoms. The van der Waals surface area contributed by atoms with Gasteiger partial charge < -0.3 is 9.88 Å². The summed E-state index contributed by atoms with van der Waals surface area (Å²) in [6, 6.07) is 7.99. The second-order valence-electron chi connectivity index (χ2n) is 4.62. The lowest BCUT2D eigenvalue weighted by molar-refractivity contribution is -0.129. The molecule has 0 spiro atoms. The minimum absolute atomic E-state index is 0.0984. The van der Waals surface area contributed by atoms with Crippen molar-refractivity contribution in [1.82, 2.24) is 9.88 Å². The summed E-state index contributed by atoms with van der Waals surface area (Å²) >= 11 is 9.97. The monoisotopic (exact) mass is 370 g/mol. The number of nitrogens with zero attached hydrogens (tertiary/aromatic N) is 1. The highest BCUT2D eigenvalue weighted by molar-refractivity contribution is 9.10. The van der Waals surface area contributed by atoms with E-state index in [2.05, 4.69) is 20.9 Å². The Morgan fingerprint density at radius 1 is 1.40 bits per heavy atom. The maximum Gasteiger partial charge on any atom is 0.227 e. The molecular formula is C14H15BrN2OS2. The number of halogens is 1. The fraction of sp³-hybridized carbons (Fsp3) is 0.286. The first-order valence-electron chi connectivity index (χ1n) is 6.12. The second-order valence-corrected chi connectivity index (χ2v) is 7.30. The molecule has 3 nitrogen and oxygen atoms in total. The number of aromatic nitrogens is 1. The molecule has 1 amide bonds. The van der Waals surface area contributed by atoms with Gasteiger partial charge in [-0.3, -0.25) is 4.79 Å². The van der Waals surface area contributed by atoms with E-state index < -0.39 is 0 Å². The Labute approximate surface area is 135 Å². The molecule has 0 aliphatic rings. The van der Waals surface area contributed by atoms with Gasteiger partial charge in [-0.05, 0) is 36.8 Å². The molecule has 20 heavy (non-hydrogen) atoms. The topological polar surface area (TPSA) is 36.1 Å². The fourth-order valence-corrected chi connectivity index (χ4v) is 3.38. The van der Waals surface area contributed by atoms with Crippen molar-refractivity contribution in [2.45, 2.75) is 19.9 Å². The zero-order chi connectivity index (χ0) is 14.7. The molecule has 1 N–H and O–H groups in total. The second kappa shape index (κ2) is 6.65. The molecule has 0 radical (unpaired) electrons. The van der Waals surface area contributed by atoms with Gasteiger partial charge in [0.15, 0.2) is 3.95 Å². The van der Waals surface area contributed by atoms with Crippen molar-refractivity contribution in [3.05, 3.63) is 48.8 Å². The van der Waals surface area contributed by atoms with E-state index in [1.165, 1.54) is 11.3 Å². The molecule has 2 rings (SSSR count). The van der Waals surface area contributed by atoms with Crippen LogP contribution in [0.25, 0.3) is 0 Å². The van der Waals surface area contributed by atoms with E-state index in [0.29, 0.717) is 13.0 Å². The number of carbonyl (C=O) groups is 1. The Balaban J connectivity index is 2.00. The summed E-state index contributed by atoms with van der Waals surface area (Å²) in [6.45, 7) is 2.56. The highest BCUT2D eigenvalue weighted by Gasteiger charge is 2.13. The lowest BCUT2D eigenvalue weighted by Crippen LogP contribution is -2.27. The van der Waals surface area contributed by atoms with Crippen LogP contribution in [0.3, 0.4) is 0 Å². The normalized spacial score (nSPS) is 10.6. The minimum Gasteiger partial charge on any atom is -0.341 e. The van der Waals surface area contributed by atoms with Crippen LogP contribution in [0, 0.1) is 10.9 Å². The van der Waals surface area contributed by atoms with Crippen molar-refractivity contribution in [2.24, 2.45) is 0 Å². The van der Waals surface area contributed by atoms with Gasteiger partial charge in [-0.1, -0.05) is 28.1 Å². The van der Waals surface area contributed by atoms with Crippen LogP contribution in [0.1, 0.15) is 16.1 Å². The number of carbonyl (C=O) groups excluding carboxylic acids is 1. The number of aromatic amines is 1. The molecule has 0 aliphatic heterocycles. The van der Waals surface area contributed by atoms with Crippen LogP contribution in [0.15, 0.2) is 28.7 Å². The zero-order valence-electron chi connectivity index (χ0n) is 11.3. The fourth-order valence-electron chi connectivity index (χ4n) is 1.83. The Kier molecular flexibility index (Phi) is 5.12. The van der Waals surface area contributed by atoms with E-state index in [1.807, 2.05) is 38.2 Å².